The molecule has 4 heteroatoms. The molecule has 0 saturated heterocycles. The number of aryl methyl sites for hydroxylation is 2. The topological polar surface area (TPSA) is 50.4 Å². The third-order valence-corrected chi connectivity index (χ3v) is 4.43. The van der Waals surface area contributed by atoms with E-state index in [9.17, 15) is 4.79 Å². The molecule has 0 aliphatic heterocycles. The van der Waals surface area contributed by atoms with Crippen molar-refractivity contribution in [3.63, 3.8) is 0 Å². The van der Waals surface area contributed by atoms with E-state index in [-0.39, 0.29) is 5.91 Å². The zero-order valence-corrected chi connectivity index (χ0v) is 15.8. The predicted octanol–water partition coefficient (Wildman–Crippen LogP) is 5.10. The largest absolute Gasteiger partial charge is 0.497 e. The highest BCUT2D eigenvalue weighted by Crippen LogP contribution is 2.25. The Balaban J connectivity index is 1.89. The lowest BCUT2D eigenvalue weighted by molar-refractivity contribution is -0.117. The summed E-state index contributed by atoms with van der Waals surface area (Å²) in [6.07, 6.45) is 0. The van der Waals surface area contributed by atoms with Gasteiger partial charge in [0.05, 0.1) is 7.11 Å². The zero-order valence-electron chi connectivity index (χ0n) is 15.8. The summed E-state index contributed by atoms with van der Waals surface area (Å²) >= 11 is 0. The molecule has 0 heterocycles. The van der Waals surface area contributed by atoms with Crippen LogP contribution < -0.4 is 15.4 Å². The van der Waals surface area contributed by atoms with Gasteiger partial charge in [-0.25, -0.2) is 0 Å². The van der Waals surface area contributed by atoms with Gasteiger partial charge in [0.1, 0.15) is 11.8 Å². The number of rotatable bonds is 6. The van der Waals surface area contributed by atoms with Gasteiger partial charge in [-0.2, -0.15) is 0 Å². The van der Waals surface area contributed by atoms with Gasteiger partial charge in [0.15, 0.2) is 0 Å². The second-order valence-electron chi connectivity index (χ2n) is 6.53. The molecule has 3 rings (SSSR count). The molecule has 0 aliphatic rings. The normalized spacial score (nSPS) is 11.5. The zero-order chi connectivity index (χ0) is 19.2. The maximum atomic E-state index is 13.1. The highest BCUT2D eigenvalue weighted by molar-refractivity contribution is 5.98. The summed E-state index contributed by atoms with van der Waals surface area (Å²) in [6, 6.07) is 22.8. The fourth-order valence-electron chi connectivity index (χ4n) is 2.90. The van der Waals surface area contributed by atoms with Crippen molar-refractivity contribution < 1.29 is 9.53 Å². The van der Waals surface area contributed by atoms with Gasteiger partial charge in [0.25, 0.3) is 5.91 Å². The van der Waals surface area contributed by atoms with Crippen LogP contribution in [-0.2, 0) is 4.79 Å². The minimum Gasteiger partial charge on any atom is -0.497 e. The monoisotopic (exact) mass is 360 g/mol. The first-order valence-electron chi connectivity index (χ1n) is 8.90. The van der Waals surface area contributed by atoms with Gasteiger partial charge in [-0.05, 0) is 48.7 Å². The fourth-order valence-corrected chi connectivity index (χ4v) is 2.90. The Morgan fingerprint density at radius 2 is 1.70 bits per heavy atom. The van der Waals surface area contributed by atoms with E-state index in [1.54, 1.807) is 7.11 Å². The molecule has 2 N–H and O–H groups in total. The van der Waals surface area contributed by atoms with Crippen LogP contribution in [0.3, 0.4) is 0 Å². The molecular formula is C23H24N2O2. The van der Waals surface area contributed by atoms with Crippen molar-refractivity contribution in [2.45, 2.75) is 19.9 Å². The molecule has 1 atom stereocenters. The first-order valence-corrected chi connectivity index (χ1v) is 8.90. The molecule has 3 aromatic rings. The Morgan fingerprint density at radius 1 is 0.926 bits per heavy atom. The SMILES string of the molecule is COc1cccc(N[C@@H](C(=O)Nc2cc(C)ccc2C)c2ccccc2)c1. The van der Waals surface area contributed by atoms with Crippen LogP contribution in [0, 0.1) is 13.8 Å². The quantitative estimate of drug-likeness (QED) is 0.643. The summed E-state index contributed by atoms with van der Waals surface area (Å²) in [7, 11) is 1.63. The lowest BCUT2D eigenvalue weighted by atomic mass is 10.0. The van der Waals surface area contributed by atoms with Crippen molar-refractivity contribution in [3.8, 4) is 5.75 Å². The number of hydrogen-bond donors (Lipinski definition) is 2. The molecule has 0 spiro atoms. The van der Waals surface area contributed by atoms with E-state index in [2.05, 4.69) is 10.6 Å². The Hall–Kier alpha value is -3.27. The highest BCUT2D eigenvalue weighted by Gasteiger charge is 2.21. The summed E-state index contributed by atoms with van der Waals surface area (Å²) < 4.78 is 5.29. The molecule has 1 amide bonds. The maximum Gasteiger partial charge on any atom is 0.251 e. The van der Waals surface area contributed by atoms with Crippen molar-refractivity contribution in [3.05, 3.63) is 89.5 Å². The van der Waals surface area contributed by atoms with Crippen LogP contribution in [-0.4, -0.2) is 13.0 Å². The number of nitrogens with one attached hydrogen (secondary N) is 2. The molecule has 0 aromatic heterocycles. The van der Waals surface area contributed by atoms with Crippen LogP contribution in [0.5, 0.6) is 5.75 Å². The second kappa shape index (κ2) is 8.41. The summed E-state index contributed by atoms with van der Waals surface area (Å²) in [5.74, 6) is 0.625. The van der Waals surface area contributed by atoms with Crippen molar-refractivity contribution >= 4 is 17.3 Å². The second-order valence-corrected chi connectivity index (χ2v) is 6.53. The maximum absolute atomic E-state index is 13.1. The summed E-state index contributed by atoms with van der Waals surface area (Å²) in [5.41, 5.74) is 4.67. The van der Waals surface area contributed by atoms with Crippen molar-refractivity contribution in [1.29, 1.82) is 0 Å². The average molecular weight is 360 g/mol. The van der Waals surface area contributed by atoms with Crippen molar-refractivity contribution in [2.75, 3.05) is 17.7 Å². The molecule has 0 saturated carbocycles. The molecule has 27 heavy (non-hydrogen) atoms. The van der Waals surface area contributed by atoms with Crippen LogP contribution in [0.15, 0.2) is 72.8 Å². The van der Waals surface area contributed by atoms with E-state index >= 15 is 0 Å². The molecule has 0 bridgehead atoms. The van der Waals surface area contributed by atoms with E-state index < -0.39 is 6.04 Å². The summed E-state index contributed by atoms with van der Waals surface area (Å²) in [6.45, 7) is 4.00. The highest BCUT2D eigenvalue weighted by atomic mass is 16.5. The summed E-state index contributed by atoms with van der Waals surface area (Å²) in [4.78, 5) is 13.1. The minimum absolute atomic E-state index is 0.113. The Labute approximate surface area is 160 Å². The number of anilines is 2. The van der Waals surface area contributed by atoms with Crippen LogP contribution >= 0.6 is 0 Å². The minimum atomic E-state index is -0.529. The number of ether oxygens (including phenoxy) is 1. The molecule has 138 valence electrons. The van der Waals surface area contributed by atoms with E-state index in [0.29, 0.717) is 0 Å². The number of carbonyl (C=O) groups excluding carboxylic acids is 1. The molecule has 4 nitrogen and oxygen atoms in total. The summed E-state index contributed by atoms with van der Waals surface area (Å²) in [5, 5.41) is 6.40. The van der Waals surface area contributed by atoms with Gasteiger partial charge in [0.2, 0.25) is 0 Å². The molecule has 0 aliphatic carbocycles. The van der Waals surface area contributed by atoms with Crippen LogP contribution in [0.4, 0.5) is 11.4 Å². The third-order valence-electron chi connectivity index (χ3n) is 4.43. The Morgan fingerprint density at radius 3 is 2.44 bits per heavy atom. The fraction of sp³-hybridized carbons (Fsp3) is 0.174. The average Bonchev–Trinajstić information content (AvgIpc) is 2.69. The van der Waals surface area contributed by atoms with Crippen molar-refractivity contribution in [1.82, 2.24) is 0 Å². The smallest absolute Gasteiger partial charge is 0.251 e. The van der Waals surface area contributed by atoms with Gasteiger partial charge < -0.3 is 15.4 Å². The van der Waals surface area contributed by atoms with Gasteiger partial charge in [0, 0.05) is 17.4 Å². The van der Waals surface area contributed by atoms with E-state index in [4.69, 9.17) is 4.74 Å². The van der Waals surface area contributed by atoms with E-state index in [1.165, 1.54) is 0 Å². The lowest BCUT2D eigenvalue weighted by Gasteiger charge is -2.21. The molecular weight excluding hydrogens is 336 g/mol. The molecule has 0 fully saturated rings. The number of methoxy groups -OCH3 is 1. The predicted molar refractivity (Wildman–Crippen MR) is 110 cm³/mol. The number of hydrogen-bond acceptors (Lipinski definition) is 3. The molecule has 3 aromatic carbocycles. The van der Waals surface area contributed by atoms with Crippen LogP contribution in [0.2, 0.25) is 0 Å². The van der Waals surface area contributed by atoms with Crippen LogP contribution in [0.25, 0.3) is 0 Å². The van der Waals surface area contributed by atoms with Gasteiger partial charge in [-0.1, -0.05) is 48.5 Å². The van der Waals surface area contributed by atoms with Crippen LogP contribution in [0.1, 0.15) is 22.7 Å². The van der Waals surface area contributed by atoms with Gasteiger partial charge in [-0.3, -0.25) is 4.79 Å². The third kappa shape index (κ3) is 4.67. The number of benzene rings is 3. The number of carbonyl (C=O) groups is 1. The standard InChI is InChI=1S/C23H24N2O2/c1-16-12-13-17(2)21(14-16)25-23(26)22(18-8-5-4-6-9-18)24-19-10-7-11-20(15-19)27-3/h4-15,22,24H,1-3H3,(H,25,26)/t22-/m1/s1. The first kappa shape index (κ1) is 18.5. The van der Waals surface area contributed by atoms with E-state index in [0.717, 1.165) is 33.8 Å². The Kier molecular flexibility index (Phi) is 5.77. The molecule has 0 radical (unpaired) electrons. The molecule has 0 unspecified atom stereocenters. The number of amides is 1. The Bertz CT molecular complexity index is 923. The van der Waals surface area contributed by atoms with E-state index in [1.807, 2.05) is 86.6 Å². The lowest BCUT2D eigenvalue weighted by Crippen LogP contribution is -2.27. The first-order chi connectivity index (χ1) is 13.1. The van der Waals surface area contributed by atoms with Gasteiger partial charge >= 0.3 is 0 Å². The van der Waals surface area contributed by atoms with Gasteiger partial charge in [-0.15, -0.1) is 0 Å². The van der Waals surface area contributed by atoms with Crippen molar-refractivity contribution in [2.24, 2.45) is 0 Å².